The Labute approximate surface area is 188 Å². The van der Waals surface area contributed by atoms with E-state index in [1.807, 2.05) is 0 Å². The van der Waals surface area contributed by atoms with Crippen molar-refractivity contribution in [2.75, 3.05) is 27.9 Å². The predicted octanol–water partition coefficient (Wildman–Crippen LogP) is 3.61. The van der Waals surface area contributed by atoms with Crippen molar-refractivity contribution in [3.05, 3.63) is 53.6 Å². The lowest BCUT2D eigenvalue weighted by Gasteiger charge is -2.13. The summed E-state index contributed by atoms with van der Waals surface area (Å²) in [6.07, 6.45) is 3.80. The molecule has 32 heavy (non-hydrogen) atoms. The van der Waals surface area contributed by atoms with Crippen LogP contribution >= 0.6 is 0 Å². The lowest BCUT2D eigenvalue weighted by Crippen LogP contribution is -2.40. The van der Waals surface area contributed by atoms with Crippen LogP contribution in [0.5, 0.6) is 23.0 Å². The largest absolute Gasteiger partial charge is 0.493 e. The van der Waals surface area contributed by atoms with Gasteiger partial charge in [0.2, 0.25) is 0 Å². The second kappa shape index (κ2) is 12.2. The second-order valence-electron chi connectivity index (χ2n) is 7.29. The number of rotatable bonds is 10. The van der Waals surface area contributed by atoms with Crippen LogP contribution in [0.1, 0.15) is 36.2 Å². The first-order valence-electron chi connectivity index (χ1n) is 10.2. The van der Waals surface area contributed by atoms with E-state index >= 15 is 0 Å². The summed E-state index contributed by atoms with van der Waals surface area (Å²) in [6.45, 7) is 4.79. The minimum Gasteiger partial charge on any atom is -0.493 e. The summed E-state index contributed by atoms with van der Waals surface area (Å²) >= 11 is 0. The van der Waals surface area contributed by atoms with Crippen LogP contribution < -0.4 is 29.8 Å². The Balaban J connectivity index is 1.93. The SMILES string of the molecule is COc1ccc(/C=C/C(=O)NNC(=O)c2ccc(OCCC(C)C)c(OC)c2)cc1OC. The van der Waals surface area contributed by atoms with Crippen LogP contribution in [0.15, 0.2) is 42.5 Å². The number of hydrogen-bond acceptors (Lipinski definition) is 6. The molecule has 0 fully saturated rings. The first-order chi connectivity index (χ1) is 15.4. The van der Waals surface area contributed by atoms with Crippen molar-refractivity contribution in [3.63, 3.8) is 0 Å². The minimum atomic E-state index is -0.492. The fraction of sp³-hybridized carbons (Fsp3) is 0.333. The van der Waals surface area contributed by atoms with Gasteiger partial charge in [0, 0.05) is 11.6 Å². The van der Waals surface area contributed by atoms with Crippen molar-refractivity contribution in [1.29, 1.82) is 0 Å². The highest BCUT2D eigenvalue weighted by Crippen LogP contribution is 2.29. The van der Waals surface area contributed by atoms with Gasteiger partial charge in [0.25, 0.3) is 11.8 Å². The first kappa shape index (κ1) is 24.6. The van der Waals surface area contributed by atoms with Crippen LogP contribution in [0.4, 0.5) is 0 Å². The number of hydrazine groups is 1. The van der Waals surface area contributed by atoms with Gasteiger partial charge < -0.3 is 18.9 Å². The Bertz CT molecular complexity index is 956. The lowest BCUT2D eigenvalue weighted by atomic mass is 10.1. The molecular weight excluding hydrogens is 412 g/mol. The van der Waals surface area contributed by atoms with E-state index in [1.54, 1.807) is 49.6 Å². The number of amides is 2. The third kappa shape index (κ3) is 7.23. The number of carbonyl (C=O) groups excluding carboxylic acids is 2. The van der Waals surface area contributed by atoms with Crippen molar-refractivity contribution in [2.24, 2.45) is 5.92 Å². The van der Waals surface area contributed by atoms with Crippen LogP contribution in [0.25, 0.3) is 6.08 Å². The average molecular weight is 443 g/mol. The van der Waals surface area contributed by atoms with Gasteiger partial charge >= 0.3 is 0 Å². The maximum absolute atomic E-state index is 12.4. The van der Waals surface area contributed by atoms with Gasteiger partial charge in [0.15, 0.2) is 23.0 Å². The van der Waals surface area contributed by atoms with Crippen molar-refractivity contribution in [2.45, 2.75) is 20.3 Å². The van der Waals surface area contributed by atoms with Crippen molar-refractivity contribution in [1.82, 2.24) is 10.9 Å². The van der Waals surface area contributed by atoms with Crippen LogP contribution in [-0.2, 0) is 4.79 Å². The molecule has 0 bridgehead atoms. The molecule has 2 aromatic carbocycles. The Morgan fingerprint density at radius 3 is 2.19 bits per heavy atom. The molecule has 2 rings (SSSR count). The lowest BCUT2D eigenvalue weighted by molar-refractivity contribution is -0.117. The number of nitrogens with one attached hydrogen (secondary N) is 2. The summed E-state index contributed by atoms with van der Waals surface area (Å²) in [5.41, 5.74) is 5.78. The molecule has 0 spiro atoms. The molecule has 0 saturated carbocycles. The quantitative estimate of drug-likeness (QED) is 0.431. The summed E-state index contributed by atoms with van der Waals surface area (Å²) < 4.78 is 21.5. The Morgan fingerprint density at radius 1 is 0.875 bits per heavy atom. The Kier molecular flexibility index (Phi) is 9.41. The smallest absolute Gasteiger partial charge is 0.269 e. The molecule has 0 aliphatic rings. The summed E-state index contributed by atoms with van der Waals surface area (Å²) in [6, 6.07) is 10.1. The number of carbonyl (C=O) groups is 2. The van der Waals surface area contributed by atoms with E-state index in [4.69, 9.17) is 18.9 Å². The zero-order valence-electron chi connectivity index (χ0n) is 19.1. The topological polar surface area (TPSA) is 95.1 Å². The molecule has 172 valence electrons. The highest BCUT2D eigenvalue weighted by molar-refractivity contribution is 5.98. The third-order valence-electron chi connectivity index (χ3n) is 4.51. The molecule has 2 aromatic rings. The Hall–Kier alpha value is -3.68. The molecule has 8 nitrogen and oxygen atoms in total. The van der Waals surface area contributed by atoms with Gasteiger partial charge in [-0.2, -0.15) is 0 Å². The molecule has 2 N–H and O–H groups in total. The molecule has 0 unspecified atom stereocenters. The highest BCUT2D eigenvalue weighted by Gasteiger charge is 2.12. The molecule has 2 amide bonds. The van der Waals surface area contributed by atoms with Gasteiger partial charge in [-0.3, -0.25) is 20.4 Å². The number of benzene rings is 2. The maximum atomic E-state index is 12.4. The molecule has 0 aliphatic carbocycles. The summed E-state index contributed by atoms with van der Waals surface area (Å²) in [5, 5.41) is 0. The van der Waals surface area contributed by atoms with Gasteiger partial charge in [0.05, 0.1) is 27.9 Å². The molecule has 0 aromatic heterocycles. The predicted molar refractivity (Wildman–Crippen MR) is 122 cm³/mol. The summed E-state index contributed by atoms with van der Waals surface area (Å²) in [4.78, 5) is 24.5. The molecular formula is C24H30N2O6. The van der Waals surface area contributed by atoms with E-state index in [2.05, 4.69) is 24.7 Å². The molecule has 0 saturated heterocycles. The average Bonchev–Trinajstić information content (AvgIpc) is 2.80. The van der Waals surface area contributed by atoms with E-state index in [0.29, 0.717) is 41.1 Å². The van der Waals surface area contributed by atoms with Gasteiger partial charge in [-0.25, -0.2) is 0 Å². The van der Waals surface area contributed by atoms with Gasteiger partial charge in [-0.15, -0.1) is 0 Å². The standard InChI is InChI=1S/C24H30N2O6/c1-16(2)12-13-32-20-10-8-18(15-22(20)31-5)24(28)26-25-23(27)11-7-17-6-9-19(29-3)21(14-17)30-4/h6-11,14-16H,12-13H2,1-5H3,(H,25,27)(H,26,28)/b11-7+. The zero-order valence-corrected chi connectivity index (χ0v) is 19.1. The number of hydrogen-bond donors (Lipinski definition) is 2. The van der Waals surface area contributed by atoms with Crippen molar-refractivity contribution < 1.29 is 28.5 Å². The van der Waals surface area contributed by atoms with E-state index < -0.39 is 11.8 Å². The van der Waals surface area contributed by atoms with Crippen LogP contribution in [0.3, 0.4) is 0 Å². The monoisotopic (exact) mass is 442 g/mol. The summed E-state index contributed by atoms with van der Waals surface area (Å²) in [7, 11) is 4.59. The number of methoxy groups -OCH3 is 3. The molecule has 0 aliphatic heterocycles. The normalized spacial score (nSPS) is 10.7. The maximum Gasteiger partial charge on any atom is 0.269 e. The van der Waals surface area contributed by atoms with E-state index in [0.717, 1.165) is 12.0 Å². The first-order valence-corrected chi connectivity index (χ1v) is 10.2. The van der Waals surface area contributed by atoms with Crippen LogP contribution in [0.2, 0.25) is 0 Å². The van der Waals surface area contributed by atoms with Crippen molar-refractivity contribution >= 4 is 17.9 Å². The zero-order chi connectivity index (χ0) is 23.5. The Morgan fingerprint density at radius 2 is 1.53 bits per heavy atom. The molecule has 0 radical (unpaired) electrons. The highest BCUT2D eigenvalue weighted by atomic mass is 16.5. The summed E-state index contributed by atoms with van der Waals surface area (Å²) in [5.74, 6) is 1.70. The van der Waals surface area contributed by atoms with Crippen LogP contribution in [0, 0.1) is 5.92 Å². The molecule has 0 heterocycles. The van der Waals surface area contributed by atoms with E-state index in [1.165, 1.54) is 20.3 Å². The fourth-order valence-electron chi connectivity index (χ4n) is 2.69. The molecule has 8 heteroatoms. The second-order valence-corrected chi connectivity index (χ2v) is 7.29. The third-order valence-corrected chi connectivity index (χ3v) is 4.51. The van der Waals surface area contributed by atoms with Gasteiger partial charge in [0.1, 0.15) is 0 Å². The van der Waals surface area contributed by atoms with Gasteiger partial charge in [-0.05, 0) is 54.3 Å². The number of ether oxygens (including phenoxy) is 4. The van der Waals surface area contributed by atoms with Crippen LogP contribution in [-0.4, -0.2) is 39.8 Å². The molecule has 0 atom stereocenters. The fourth-order valence-corrected chi connectivity index (χ4v) is 2.69. The van der Waals surface area contributed by atoms with Gasteiger partial charge in [-0.1, -0.05) is 19.9 Å². The van der Waals surface area contributed by atoms with E-state index in [-0.39, 0.29) is 0 Å². The van der Waals surface area contributed by atoms with E-state index in [9.17, 15) is 9.59 Å². The minimum absolute atomic E-state index is 0.322. The van der Waals surface area contributed by atoms with Crippen molar-refractivity contribution in [3.8, 4) is 23.0 Å².